The summed E-state index contributed by atoms with van der Waals surface area (Å²) in [7, 11) is 0. The Labute approximate surface area is 184 Å². The van der Waals surface area contributed by atoms with Crippen molar-refractivity contribution in [2.45, 2.75) is 39.8 Å². The van der Waals surface area contributed by atoms with Crippen LogP contribution < -0.4 is 10.1 Å². The van der Waals surface area contributed by atoms with Crippen LogP contribution in [0.15, 0.2) is 66.7 Å². The third kappa shape index (κ3) is 5.63. The number of nitrogens with zero attached hydrogens (tertiary/aromatic N) is 1. The molecule has 0 fully saturated rings. The first-order valence-corrected chi connectivity index (χ1v) is 10.8. The van der Waals surface area contributed by atoms with Gasteiger partial charge in [0.15, 0.2) is 6.61 Å². The number of ether oxygens (including phenoxy) is 1. The van der Waals surface area contributed by atoms with Crippen molar-refractivity contribution in [3.8, 4) is 5.75 Å². The summed E-state index contributed by atoms with van der Waals surface area (Å²) < 4.78 is 5.93. The Morgan fingerprint density at radius 1 is 1.00 bits per heavy atom. The Morgan fingerprint density at radius 2 is 1.74 bits per heavy atom. The van der Waals surface area contributed by atoms with Crippen LogP contribution in [0.25, 0.3) is 10.8 Å². The highest BCUT2D eigenvalue weighted by molar-refractivity contribution is 5.90. The molecular weight excluding hydrogens is 388 g/mol. The Kier molecular flexibility index (Phi) is 7.65. The molecule has 162 valence electrons. The zero-order valence-corrected chi connectivity index (χ0v) is 18.4. The molecule has 0 aliphatic heterocycles. The van der Waals surface area contributed by atoms with Crippen molar-refractivity contribution >= 4 is 22.6 Å². The van der Waals surface area contributed by atoms with Gasteiger partial charge in [0.1, 0.15) is 11.8 Å². The number of carbonyl (C=O) groups is 2. The van der Waals surface area contributed by atoms with Crippen LogP contribution >= 0.6 is 0 Å². The minimum Gasteiger partial charge on any atom is -0.483 e. The molecular formula is C26H30N2O3. The molecule has 0 spiro atoms. The maximum Gasteiger partial charge on any atom is 0.261 e. The summed E-state index contributed by atoms with van der Waals surface area (Å²) in [5.74, 6) is 0.303. The zero-order valence-electron chi connectivity index (χ0n) is 18.4. The molecule has 3 aromatic carbocycles. The minimum atomic E-state index is -0.552. The first kappa shape index (κ1) is 22.3. The van der Waals surface area contributed by atoms with Crippen LogP contribution in [-0.2, 0) is 16.1 Å². The summed E-state index contributed by atoms with van der Waals surface area (Å²) in [6.07, 6.45) is 0.525. The lowest BCUT2D eigenvalue weighted by atomic mass is 10.1. The molecule has 1 N–H and O–H groups in total. The van der Waals surface area contributed by atoms with Crippen LogP contribution in [0.2, 0.25) is 0 Å². The van der Waals surface area contributed by atoms with Crippen LogP contribution in [0.1, 0.15) is 31.4 Å². The van der Waals surface area contributed by atoms with Gasteiger partial charge in [-0.2, -0.15) is 0 Å². The molecule has 5 heteroatoms. The first-order valence-electron chi connectivity index (χ1n) is 10.8. The molecule has 0 saturated heterocycles. The number of hydrogen-bond acceptors (Lipinski definition) is 3. The number of rotatable bonds is 9. The smallest absolute Gasteiger partial charge is 0.261 e. The van der Waals surface area contributed by atoms with Crippen LogP contribution in [0, 0.1) is 6.92 Å². The normalized spacial score (nSPS) is 11.7. The molecule has 0 radical (unpaired) electrons. The topological polar surface area (TPSA) is 58.6 Å². The van der Waals surface area contributed by atoms with Gasteiger partial charge < -0.3 is 15.0 Å². The van der Waals surface area contributed by atoms with Crippen LogP contribution in [-0.4, -0.2) is 35.9 Å². The number of benzene rings is 3. The second kappa shape index (κ2) is 10.6. The van der Waals surface area contributed by atoms with Crippen LogP contribution in [0.3, 0.4) is 0 Å². The Hall–Kier alpha value is -3.34. The lowest BCUT2D eigenvalue weighted by Gasteiger charge is -2.30. The molecule has 31 heavy (non-hydrogen) atoms. The Bertz CT molecular complexity index is 1040. The van der Waals surface area contributed by atoms with E-state index in [0.29, 0.717) is 25.3 Å². The molecule has 0 heterocycles. The summed E-state index contributed by atoms with van der Waals surface area (Å²) in [6.45, 7) is 6.56. The van der Waals surface area contributed by atoms with Crippen molar-refractivity contribution in [3.63, 3.8) is 0 Å². The van der Waals surface area contributed by atoms with Gasteiger partial charge in [0.25, 0.3) is 5.91 Å². The number of fused-ring (bicyclic) bond motifs is 1. The lowest BCUT2D eigenvalue weighted by Crippen LogP contribution is -2.50. The molecule has 5 nitrogen and oxygen atoms in total. The van der Waals surface area contributed by atoms with Gasteiger partial charge >= 0.3 is 0 Å². The van der Waals surface area contributed by atoms with Gasteiger partial charge in [-0.05, 0) is 37.3 Å². The average Bonchev–Trinajstić information content (AvgIpc) is 2.77. The number of aryl methyl sites for hydroxylation is 1. The molecule has 1 unspecified atom stereocenters. The molecule has 2 amide bonds. The molecule has 0 aliphatic rings. The standard InChI is InChI=1S/C26H30N2O3/c1-4-23(26(30)27-5-2)28(17-20-11-8-10-19(3)16-20)25(29)18-31-24-15-9-13-21-12-6-7-14-22(21)24/h6-16,23H,4-5,17-18H2,1-3H3,(H,27,30). The van der Waals surface area contributed by atoms with E-state index >= 15 is 0 Å². The predicted octanol–water partition coefficient (Wildman–Crippen LogP) is 4.47. The third-order valence-corrected chi connectivity index (χ3v) is 5.27. The quantitative estimate of drug-likeness (QED) is 0.558. The molecule has 0 aromatic heterocycles. The summed E-state index contributed by atoms with van der Waals surface area (Å²) in [5, 5.41) is 4.86. The molecule has 3 rings (SSSR count). The maximum atomic E-state index is 13.3. The van der Waals surface area contributed by atoms with E-state index in [0.717, 1.165) is 21.9 Å². The maximum absolute atomic E-state index is 13.3. The molecule has 3 aromatic rings. The predicted molar refractivity (Wildman–Crippen MR) is 124 cm³/mol. The average molecular weight is 419 g/mol. The number of carbonyl (C=O) groups excluding carboxylic acids is 2. The first-order chi connectivity index (χ1) is 15.0. The summed E-state index contributed by atoms with van der Waals surface area (Å²) in [6, 6.07) is 21.1. The van der Waals surface area contributed by atoms with E-state index in [-0.39, 0.29) is 18.4 Å². The van der Waals surface area contributed by atoms with Crippen molar-refractivity contribution < 1.29 is 14.3 Å². The van der Waals surface area contributed by atoms with E-state index in [9.17, 15) is 9.59 Å². The largest absolute Gasteiger partial charge is 0.483 e. The summed E-state index contributed by atoms with van der Waals surface area (Å²) in [5.41, 5.74) is 2.10. The third-order valence-electron chi connectivity index (χ3n) is 5.27. The van der Waals surface area contributed by atoms with Gasteiger partial charge in [-0.1, -0.05) is 73.2 Å². The lowest BCUT2D eigenvalue weighted by molar-refractivity contribution is -0.142. The molecule has 0 bridgehead atoms. The highest BCUT2D eigenvalue weighted by Crippen LogP contribution is 2.25. The molecule has 0 saturated carbocycles. The van der Waals surface area contributed by atoms with Crippen LogP contribution in [0.5, 0.6) is 5.75 Å². The highest BCUT2D eigenvalue weighted by Gasteiger charge is 2.28. The van der Waals surface area contributed by atoms with Gasteiger partial charge in [-0.3, -0.25) is 9.59 Å². The van der Waals surface area contributed by atoms with Gasteiger partial charge in [-0.25, -0.2) is 0 Å². The van der Waals surface area contributed by atoms with Crippen molar-refractivity contribution in [2.75, 3.05) is 13.2 Å². The summed E-state index contributed by atoms with van der Waals surface area (Å²) in [4.78, 5) is 27.6. The number of likely N-dealkylation sites (N-methyl/N-ethyl adjacent to an activating group) is 1. The van der Waals surface area contributed by atoms with Gasteiger partial charge in [0, 0.05) is 18.5 Å². The number of hydrogen-bond donors (Lipinski definition) is 1. The van der Waals surface area contributed by atoms with Gasteiger partial charge in [0.05, 0.1) is 0 Å². The van der Waals surface area contributed by atoms with E-state index in [1.807, 2.05) is 87.5 Å². The van der Waals surface area contributed by atoms with Crippen molar-refractivity contribution in [3.05, 3.63) is 77.9 Å². The van der Waals surface area contributed by atoms with Crippen molar-refractivity contribution in [1.29, 1.82) is 0 Å². The monoisotopic (exact) mass is 418 g/mol. The Balaban J connectivity index is 1.82. The van der Waals surface area contributed by atoms with E-state index in [1.165, 1.54) is 0 Å². The van der Waals surface area contributed by atoms with Crippen molar-refractivity contribution in [2.24, 2.45) is 0 Å². The van der Waals surface area contributed by atoms with E-state index in [4.69, 9.17) is 4.74 Å². The number of nitrogens with one attached hydrogen (secondary N) is 1. The minimum absolute atomic E-state index is 0.129. The fourth-order valence-corrected chi connectivity index (χ4v) is 3.76. The fourth-order valence-electron chi connectivity index (χ4n) is 3.76. The van der Waals surface area contributed by atoms with Gasteiger partial charge in [-0.15, -0.1) is 0 Å². The van der Waals surface area contributed by atoms with E-state index in [1.54, 1.807) is 4.90 Å². The highest BCUT2D eigenvalue weighted by atomic mass is 16.5. The molecule has 1 atom stereocenters. The van der Waals surface area contributed by atoms with Crippen LogP contribution in [0.4, 0.5) is 0 Å². The Morgan fingerprint density at radius 3 is 2.48 bits per heavy atom. The summed E-state index contributed by atoms with van der Waals surface area (Å²) >= 11 is 0. The van der Waals surface area contributed by atoms with Gasteiger partial charge in [0.2, 0.25) is 5.91 Å². The molecule has 0 aliphatic carbocycles. The van der Waals surface area contributed by atoms with E-state index < -0.39 is 6.04 Å². The fraction of sp³-hybridized carbons (Fsp3) is 0.308. The number of amides is 2. The second-order valence-electron chi connectivity index (χ2n) is 7.60. The SMILES string of the molecule is CCNC(=O)C(CC)N(Cc1cccc(C)c1)C(=O)COc1cccc2ccccc12. The zero-order chi connectivity index (χ0) is 22.2. The van der Waals surface area contributed by atoms with E-state index in [2.05, 4.69) is 5.32 Å². The van der Waals surface area contributed by atoms with Crippen molar-refractivity contribution in [1.82, 2.24) is 10.2 Å². The second-order valence-corrected chi connectivity index (χ2v) is 7.60.